The van der Waals surface area contributed by atoms with Gasteiger partial charge in [-0.3, -0.25) is 0 Å². The molecule has 0 heterocycles. The molecule has 0 aromatic heterocycles. The largest absolute Gasteiger partial charge is 0.301 e. The Morgan fingerprint density at radius 3 is 2.20 bits per heavy atom. The highest BCUT2D eigenvalue weighted by molar-refractivity contribution is 5.69. The molecular formula is C24H33N. The highest BCUT2D eigenvalue weighted by atomic mass is 15.0. The van der Waals surface area contributed by atoms with Gasteiger partial charge in [0.2, 0.25) is 0 Å². The minimum absolute atomic E-state index is 0.0963. The Balaban J connectivity index is 2.36. The van der Waals surface area contributed by atoms with E-state index in [2.05, 4.69) is 102 Å². The van der Waals surface area contributed by atoms with E-state index in [1.165, 1.54) is 33.4 Å². The smallest absolute Gasteiger partial charge is 0.0382 e. The number of rotatable bonds is 6. The molecule has 0 aliphatic rings. The number of aryl methyl sites for hydroxylation is 1. The van der Waals surface area contributed by atoms with E-state index in [9.17, 15) is 0 Å². The summed E-state index contributed by atoms with van der Waals surface area (Å²) in [6.07, 6.45) is 1.07. The Morgan fingerprint density at radius 2 is 1.64 bits per heavy atom. The monoisotopic (exact) mass is 335 g/mol. The van der Waals surface area contributed by atoms with Gasteiger partial charge in [-0.05, 0) is 81.9 Å². The normalized spacial score (nSPS) is 12.8. The molecule has 0 spiro atoms. The third kappa shape index (κ3) is 4.61. The fourth-order valence-electron chi connectivity index (χ4n) is 3.31. The molecule has 1 nitrogen and oxygen atoms in total. The van der Waals surface area contributed by atoms with Crippen LogP contribution in [-0.2, 0) is 5.54 Å². The van der Waals surface area contributed by atoms with Gasteiger partial charge in [-0.15, -0.1) is 0 Å². The van der Waals surface area contributed by atoms with Crippen molar-refractivity contribution >= 4 is 5.57 Å². The molecule has 0 fully saturated rings. The lowest BCUT2D eigenvalue weighted by molar-refractivity contribution is 0.338. The van der Waals surface area contributed by atoms with Crippen LogP contribution in [-0.4, -0.2) is 0 Å². The average molecular weight is 336 g/mol. The van der Waals surface area contributed by atoms with Gasteiger partial charge in [-0.2, -0.15) is 0 Å². The number of hydrogen-bond acceptors (Lipinski definition) is 1. The van der Waals surface area contributed by atoms with Crippen molar-refractivity contribution in [2.75, 3.05) is 0 Å². The van der Waals surface area contributed by atoms with Crippen molar-refractivity contribution in [1.29, 1.82) is 0 Å². The van der Waals surface area contributed by atoms with Gasteiger partial charge in [0.05, 0.1) is 0 Å². The van der Waals surface area contributed by atoms with Gasteiger partial charge >= 0.3 is 0 Å². The summed E-state index contributed by atoms with van der Waals surface area (Å²) in [5.41, 5.74) is 8.05. The van der Waals surface area contributed by atoms with Crippen molar-refractivity contribution in [1.82, 2.24) is 5.32 Å². The molecule has 2 rings (SSSR count). The van der Waals surface area contributed by atoms with E-state index in [1.807, 2.05) is 0 Å². The van der Waals surface area contributed by atoms with Gasteiger partial charge in [-0.25, -0.2) is 0 Å². The maximum Gasteiger partial charge on any atom is 0.0382 e. The van der Waals surface area contributed by atoms with Crippen LogP contribution < -0.4 is 5.32 Å². The van der Waals surface area contributed by atoms with E-state index in [0.29, 0.717) is 6.04 Å². The van der Waals surface area contributed by atoms with Gasteiger partial charge in [-0.1, -0.05) is 55.0 Å². The van der Waals surface area contributed by atoms with Crippen molar-refractivity contribution in [3.63, 3.8) is 0 Å². The van der Waals surface area contributed by atoms with Crippen LogP contribution in [0.5, 0.6) is 0 Å². The van der Waals surface area contributed by atoms with Gasteiger partial charge in [0.25, 0.3) is 0 Å². The van der Waals surface area contributed by atoms with Crippen molar-refractivity contribution in [3.8, 4) is 0 Å². The van der Waals surface area contributed by atoms with Crippen molar-refractivity contribution < 1.29 is 0 Å². The molecule has 0 radical (unpaired) electrons. The van der Waals surface area contributed by atoms with E-state index >= 15 is 0 Å². The molecule has 0 aliphatic heterocycles. The first-order valence-corrected chi connectivity index (χ1v) is 9.34. The van der Waals surface area contributed by atoms with Crippen LogP contribution in [0.15, 0.2) is 54.1 Å². The molecular weight excluding hydrogens is 302 g/mol. The Morgan fingerprint density at radius 1 is 1.00 bits per heavy atom. The molecule has 0 saturated heterocycles. The molecule has 1 N–H and O–H groups in total. The van der Waals surface area contributed by atoms with Gasteiger partial charge in [0, 0.05) is 11.6 Å². The van der Waals surface area contributed by atoms with Crippen LogP contribution in [0.4, 0.5) is 0 Å². The molecule has 2 aromatic carbocycles. The van der Waals surface area contributed by atoms with Crippen LogP contribution in [0.2, 0.25) is 0 Å². The second-order valence-electron chi connectivity index (χ2n) is 7.80. The number of hydrogen-bond donors (Lipinski definition) is 1. The number of benzene rings is 2. The maximum absolute atomic E-state index is 3.87. The third-order valence-electron chi connectivity index (χ3n) is 5.26. The summed E-state index contributed by atoms with van der Waals surface area (Å²) in [7, 11) is 0. The lowest BCUT2D eigenvalue weighted by atomic mass is 9.87. The molecule has 25 heavy (non-hydrogen) atoms. The van der Waals surface area contributed by atoms with E-state index < -0.39 is 0 Å². The topological polar surface area (TPSA) is 12.0 Å². The zero-order chi connectivity index (χ0) is 18.6. The molecule has 0 saturated carbocycles. The standard InChI is InChI=1S/C24H33N/c1-8-23(20-12-10-9-11-13-20)25-24(6,7)21-15-14-18(4)22(16-21)19(5)17(2)3/h9-16,23,25H,8H2,1-7H3/t23-/m0/s1. The van der Waals surface area contributed by atoms with Crippen LogP contribution in [0, 0.1) is 6.92 Å². The van der Waals surface area contributed by atoms with E-state index in [1.54, 1.807) is 0 Å². The van der Waals surface area contributed by atoms with E-state index in [4.69, 9.17) is 0 Å². The van der Waals surface area contributed by atoms with Crippen LogP contribution >= 0.6 is 0 Å². The third-order valence-corrected chi connectivity index (χ3v) is 5.26. The van der Waals surface area contributed by atoms with Gasteiger partial charge < -0.3 is 5.32 Å². The minimum Gasteiger partial charge on any atom is -0.301 e. The second-order valence-corrected chi connectivity index (χ2v) is 7.80. The Hall–Kier alpha value is -1.86. The zero-order valence-electron chi connectivity index (χ0n) is 16.9. The maximum atomic E-state index is 3.87. The van der Waals surface area contributed by atoms with Crippen molar-refractivity contribution in [3.05, 3.63) is 76.4 Å². The summed E-state index contributed by atoms with van der Waals surface area (Å²) < 4.78 is 0. The highest BCUT2D eigenvalue weighted by Gasteiger charge is 2.25. The Labute approximate surface area is 154 Å². The summed E-state index contributed by atoms with van der Waals surface area (Å²) in [5.74, 6) is 0. The molecule has 0 unspecified atom stereocenters. The first kappa shape index (κ1) is 19.5. The molecule has 1 atom stereocenters. The van der Waals surface area contributed by atoms with E-state index in [0.717, 1.165) is 6.42 Å². The summed E-state index contributed by atoms with van der Waals surface area (Å²) in [4.78, 5) is 0. The number of allylic oxidation sites excluding steroid dienone is 2. The Bertz CT molecular complexity index is 734. The first-order chi connectivity index (χ1) is 11.8. The van der Waals surface area contributed by atoms with Crippen LogP contribution in [0.1, 0.15) is 76.3 Å². The molecule has 1 heteroatoms. The lowest BCUT2D eigenvalue weighted by Gasteiger charge is -2.33. The molecule has 2 aromatic rings. The number of nitrogens with one attached hydrogen (secondary N) is 1. The average Bonchev–Trinajstić information content (AvgIpc) is 2.60. The summed E-state index contributed by atoms with van der Waals surface area (Å²) in [6.45, 7) is 15.6. The zero-order valence-corrected chi connectivity index (χ0v) is 16.9. The molecule has 0 bridgehead atoms. The first-order valence-electron chi connectivity index (χ1n) is 9.34. The predicted molar refractivity (Wildman–Crippen MR) is 111 cm³/mol. The fourth-order valence-corrected chi connectivity index (χ4v) is 3.31. The lowest BCUT2D eigenvalue weighted by Crippen LogP contribution is -2.39. The minimum atomic E-state index is -0.0963. The summed E-state index contributed by atoms with van der Waals surface area (Å²) >= 11 is 0. The quantitative estimate of drug-likeness (QED) is 0.613. The predicted octanol–water partition coefficient (Wildman–Crippen LogP) is 6.78. The van der Waals surface area contributed by atoms with Gasteiger partial charge in [0.1, 0.15) is 0 Å². The summed E-state index contributed by atoms with van der Waals surface area (Å²) in [6, 6.07) is 18.0. The van der Waals surface area contributed by atoms with Crippen LogP contribution in [0.25, 0.3) is 5.57 Å². The summed E-state index contributed by atoms with van der Waals surface area (Å²) in [5, 5.41) is 3.87. The van der Waals surface area contributed by atoms with Gasteiger partial charge in [0.15, 0.2) is 0 Å². The molecule has 0 amide bonds. The van der Waals surface area contributed by atoms with Crippen LogP contribution in [0.3, 0.4) is 0 Å². The second kappa shape index (κ2) is 8.01. The van der Waals surface area contributed by atoms with Crippen molar-refractivity contribution in [2.24, 2.45) is 0 Å². The highest BCUT2D eigenvalue weighted by Crippen LogP contribution is 2.30. The van der Waals surface area contributed by atoms with E-state index in [-0.39, 0.29) is 5.54 Å². The Kier molecular flexibility index (Phi) is 6.24. The SMILES string of the molecule is CC[C@H](NC(C)(C)c1ccc(C)c(C(C)=C(C)C)c1)c1ccccc1. The molecule has 134 valence electrons. The molecule has 0 aliphatic carbocycles. The van der Waals surface area contributed by atoms with Crippen molar-refractivity contribution in [2.45, 2.75) is 66.5 Å². The fraction of sp³-hybridized carbons (Fsp3) is 0.417.